The Morgan fingerprint density at radius 2 is 1.58 bits per heavy atom. The van der Waals surface area contributed by atoms with Crippen molar-refractivity contribution in [1.82, 2.24) is 19.5 Å². The predicted octanol–water partition coefficient (Wildman–Crippen LogP) is 2.22. The fourth-order valence-corrected chi connectivity index (χ4v) is 5.62. The summed E-state index contributed by atoms with van der Waals surface area (Å²) in [5, 5.41) is 3.39. The number of benzene rings is 1. The Hall–Kier alpha value is -2.00. The zero-order chi connectivity index (χ0) is 22.0. The van der Waals surface area contributed by atoms with Gasteiger partial charge in [0, 0.05) is 64.1 Å². The number of sulfonamides is 1. The van der Waals surface area contributed by atoms with Gasteiger partial charge in [-0.05, 0) is 42.3 Å². The number of anilines is 1. The van der Waals surface area contributed by atoms with Gasteiger partial charge < -0.3 is 15.1 Å². The summed E-state index contributed by atoms with van der Waals surface area (Å²) >= 11 is 0. The first kappa shape index (κ1) is 22.2. The molecule has 1 aromatic heterocycles. The molecule has 3 heterocycles. The van der Waals surface area contributed by atoms with E-state index < -0.39 is 10.0 Å². The molecule has 8 heteroatoms. The molecule has 31 heavy (non-hydrogen) atoms. The fraction of sp³-hybridized carbons (Fsp3) is 0.522. The Morgan fingerprint density at radius 1 is 0.935 bits per heavy atom. The fourth-order valence-electron chi connectivity index (χ4n) is 4.20. The third-order valence-electron chi connectivity index (χ3n) is 6.22. The van der Waals surface area contributed by atoms with Crippen LogP contribution in [0.1, 0.15) is 25.3 Å². The molecule has 0 bridgehead atoms. The smallest absolute Gasteiger partial charge is 0.243 e. The van der Waals surface area contributed by atoms with Gasteiger partial charge in [-0.25, -0.2) is 13.4 Å². The van der Waals surface area contributed by atoms with Crippen LogP contribution in [0.25, 0.3) is 11.1 Å². The number of pyridine rings is 1. The summed E-state index contributed by atoms with van der Waals surface area (Å²) < 4.78 is 27.6. The minimum absolute atomic E-state index is 0.356. The van der Waals surface area contributed by atoms with Gasteiger partial charge in [0.15, 0.2) is 0 Å². The quantitative estimate of drug-likeness (QED) is 0.764. The molecule has 2 saturated heterocycles. The minimum atomic E-state index is -3.45. The summed E-state index contributed by atoms with van der Waals surface area (Å²) in [6.45, 7) is 10.9. The average molecular weight is 444 g/mol. The van der Waals surface area contributed by atoms with Crippen molar-refractivity contribution in [1.29, 1.82) is 0 Å². The first-order chi connectivity index (χ1) is 14.9. The monoisotopic (exact) mass is 443 g/mol. The average Bonchev–Trinajstić information content (AvgIpc) is 2.79. The number of piperazine rings is 2. The Kier molecular flexibility index (Phi) is 6.62. The maximum Gasteiger partial charge on any atom is 0.243 e. The van der Waals surface area contributed by atoms with Crippen LogP contribution < -0.4 is 10.2 Å². The maximum absolute atomic E-state index is 13.0. The number of aromatic nitrogens is 1. The minimum Gasteiger partial charge on any atom is -0.354 e. The molecule has 168 valence electrons. The molecule has 2 fully saturated rings. The van der Waals surface area contributed by atoms with Crippen molar-refractivity contribution in [2.24, 2.45) is 0 Å². The summed E-state index contributed by atoms with van der Waals surface area (Å²) in [4.78, 5) is 9.68. The standard InChI is InChI=1S/C23H33N5O2S/c1-18(2)22-16-20(17-25-23(22)27-10-8-24-9-11-27)19-4-6-21(7-5-19)31(29,30)28-14-12-26(3)13-15-28/h4-7,16-18,24H,8-15H2,1-3H3. The van der Waals surface area contributed by atoms with Crippen LogP contribution in [0.4, 0.5) is 5.82 Å². The Bertz CT molecular complexity index is 993. The topological polar surface area (TPSA) is 68.8 Å². The van der Waals surface area contributed by atoms with E-state index in [-0.39, 0.29) is 0 Å². The normalized spacial score (nSPS) is 19.2. The van der Waals surface area contributed by atoms with Gasteiger partial charge in [-0.1, -0.05) is 26.0 Å². The first-order valence-corrected chi connectivity index (χ1v) is 12.5. The van der Waals surface area contributed by atoms with E-state index in [4.69, 9.17) is 4.98 Å². The van der Waals surface area contributed by atoms with E-state index in [9.17, 15) is 8.42 Å². The van der Waals surface area contributed by atoms with Crippen molar-refractivity contribution in [3.63, 3.8) is 0 Å². The largest absolute Gasteiger partial charge is 0.354 e. The lowest BCUT2D eigenvalue weighted by atomic mass is 9.98. The molecule has 7 nitrogen and oxygen atoms in total. The molecule has 0 saturated carbocycles. The number of nitrogens with one attached hydrogen (secondary N) is 1. The van der Waals surface area contributed by atoms with Gasteiger partial charge in [-0.15, -0.1) is 0 Å². The van der Waals surface area contributed by atoms with E-state index in [1.165, 1.54) is 5.56 Å². The highest BCUT2D eigenvalue weighted by molar-refractivity contribution is 7.89. The number of hydrogen-bond acceptors (Lipinski definition) is 6. The summed E-state index contributed by atoms with van der Waals surface area (Å²) in [7, 11) is -1.43. The van der Waals surface area contributed by atoms with Crippen molar-refractivity contribution in [2.75, 3.05) is 64.3 Å². The predicted molar refractivity (Wildman–Crippen MR) is 125 cm³/mol. The van der Waals surface area contributed by atoms with E-state index in [2.05, 4.69) is 35.0 Å². The van der Waals surface area contributed by atoms with Crippen molar-refractivity contribution in [3.05, 3.63) is 42.1 Å². The van der Waals surface area contributed by atoms with E-state index in [0.717, 1.165) is 56.2 Å². The Balaban J connectivity index is 1.58. The molecule has 2 aromatic rings. The van der Waals surface area contributed by atoms with Crippen molar-refractivity contribution >= 4 is 15.8 Å². The molecular weight excluding hydrogens is 410 g/mol. The lowest BCUT2D eigenvalue weighted by Gasteiger charge is -2.31. The molecule has 0 radical (unpaired) electrons. The van der Waals surface area contributed by atoms with E-state index in [1.54, 1.807) is 16.4 Å². The molecule has 2 aliphatic rings. The lowest BCUT2D eigenvalue weighted by Crippen LogP contribution is -2.46. The molecular formula is C23H33N5O2S. The van der Waals surface area contributed by atoms with Crippen molar-refractivity contribution < 1.29 is 8.42 Å². The van der Waals surface area contributed by atoms with Crippen LogP contribution in [0.15, 0.2) is 41.4 Å². The van der Waals surface area contributed by atoms with Crippen LogP contribution in [-0.2, 0) is 10.0 Å². The van der Waals surface area contributed by atoms with Gasteiger partial charge in [-0.2, -0.15) is 4.31 Å². The van der Waals surface area contributed by atoms with Gasteiger partial charge in [0.1, 0.15) is 5.82 Å². The highest BCUT2D eigenvalue weighted by Gasteiger charge is 2.27. The van der Waals surface area contributed by atoms with Crippen LogP contribution in [0, 0.1) is 0 Å². The third kappa shape index (κ3) is 4.77. The number of nitrogens with zero attached hydrogens (tertiary/aromatic N) is 4. The summed E-state index contributed by atoms with van der Waals surface area (Å²) in [6, 6.07) is 9.45. The number of likely N-dealkylation sites (N-methyl/N-ethyl adjacent to an activating group) is 1. The number of hydrogen-bond donors (Lipinski definition) is 1. The zero-order valence-corrected chi connectivity index (χ0v) is 19.5. The third-order valence-corrected chi connectivity index (χ3v) is 8.13. The van der Waals surface area contributed by atoms with Crippen LogP contribution >= 0.6 is 0 Å². The Morgan fingerprint density at radius 3 is 2.19 bits per heavy atom. The van der Waals surface area contributed by atoms with Crippen LogP contribution in [0.3, 0.4) is 0 Å². The SMILES string of the molecule is CC(C)c1cc(-c2ccc(S(=O)(=O)N3CCN(C)CC3)cc2)cnc1N1CCNCC1. The van der Waals surface area contributed by atoms with Crippen LogP contribution in [0.5, 0.6) is 0 Å². The lowest BCUT2D eigenvalue weighted by molar-refractivity contribution is 0.222. The van der Waals surface area contributed by atoms with E-state index >= 15 is 0 Å². The van der Waals surface area contributed by atoms with Crippen molar-refractivity contribution in [2.45, 2.75) is 24.7 Å². The molecule has 4 rings (SSSR count). The summed E-state index contributed by atoms with van der Waals surface area (Å²) in [6.07, 6.45) is 1.91. The molecule has 1 N–H and O–H groups in total. The highest BCUT2D eigenvalue weighted by atomic mass is 32.2. The second kappa shape index (κ2) is 9.24. The highest BCUT2D eigenvalue weighted by Crippen LogP contribution is 2.31. The van der Waals surface area contributed by atoms with Gasteiger partial charge in [0.2, 0.25) is 10.0 Å². The zero-order valence-electron chi connectivity index (χ0n) is 18.7. The molecule has 1 aromatic carbocycles. The molecule has 2 aliphatic heterocycles. The van der Waals surface area contributed by atoms with E-state index in [1.807, 2.05) is 25.4 Å². The molecule has 0 spiro atoms. The molecule has 0 unspecified atom stereocenters. The van der Waals surface area contributed by atoms with Gasteiger partial charge in [-0.3, -0.25) is 0 Å². The van der Waals surface area contributed by atoms with Crippen LogP contribution in [-0.4, -0.2) is 82.0 Å². The summed E-state index contributed by atoms with van der Waals surface area (Å²) in [5.74, 6) is 1.42. The molecule has 0 aliphatic carbocycles. The van der Waals surface area contributed by atoms with Gasteiger partial charge in [0.25, 0.3) is 0 Å². The van der Waals surface area contributed by atoms with Gasteiger partial charge in [0.05, 0.1) is 4.90 Å². The number of rotatable bonds is 5. The summed E-state index contributed by atoms with van der Waals surface area (Å²) in [5.41, 5.74) is 3.23. The van der Waals surface area contributed by atoms with Crippen LogP contribution in [0.2, 0.25) is 0 Å². The Labute approximate surface area is 186 Å². The molecule has 0 atom stereocenters. The second-order valence-corrected chi connectivity index (χ2v) is 10.7. The molecule has 0 amide bonds. The van der Waals surface area contributed by atoms with E-state index in [0.29, 0.717) is 23.9 Å². The first-order valence-electron chi connectivity index (χ1n) is 11.1. The second-order valence-electron chi connectivity index (χ2n) is 8.76. The van der Waals surface area contributed by atoms with Gasteiger partial charge >= 0.3 is 0 Å². The van der Waals surface area contributed by atoms with Crippen molar-refractivity contribution in [3.8, 4) is 11.1 Å². The maximum atomic E-state index is 13.0.